The molecule has 0 spiro atoms. The number of methoxy groups -OCH3 is 1. The Kier molecular flexibility index (Phi) is 9.23. The summed E-state index contributed by atoms with van der Waals surface area (Å²) in [5.74, 6) is -4.80. The largest absolute Gasteiger partial charge is 0.481 e. The van der Waals surface area contributed by atoms with Gasteiger partial charge in [0.05, 0.1) is 18.9 Å². The van der Waals surface area contributed by atoms with Crippen molar-refractivity contribution in [3.05, 3.63) is 83.9 Å². The summed E-state index contributed by atoms with van der Waals surface area (Å²) >= 11 is 0. The minimum Gasteiger partial charge on any atom is -0.481 e. The van der Waals surface area contributed by atoms with E-state index in [0.29, 0.717) is 25.8 Å². The Balaban J connectivity index is 1.33. The van der Waals surface area contributed by atoms with Crippen molar-refractivity contribution in [3.63, 3.8) is 0 Å². The number of fused-ring (bicyclic) bond motifs is 2. The number of allylic oxidation sites excluding steroid dienone is 2. The van der Waals surface area contributed by atoms with E-state index in [9.17, 15) is 29.1 Å². The van der Waals surface area contributed by atoms with Gasteiger partial charge in [-0.15, -0.1) is 0 Å². The average molecular weight is 588 g/mol. The first-order chi connectivity index (χ1) is 20.8. The lowest BCUT2D eigenvalue weighted by Crippen LogP contribution is -2.57. The number of hydrogen-bond acceptors (Lipinski definition) is 6. The number of ether oxygens (including phenoxy) is 1. The Bertz CT molecular complexity index is 1380. The second-order valence-corrected chi connectivity index (χ2v) is 11.6. The second kappa shape index (κ2) is 13.2. The third kappa shape index (κ3) is 6.63. The third-order valence-electron chi connectivity index (χ3n) is 8.87. The van der Waals surface area contributed by atoms with Gasteiger partial charge in [0.1, 0.15) is 18.1 Å². The van der Waals surface area contributed by atoms with E-state index in [-0.39, 0.29) is 30.6 Å². The highest BCUT2D eigenvalue weighted by molar-refractivity contribution is 5.95. The van der Waals surface area contributed by atoms with Gasteiger partial charge < -0.3 is 25.4 Å². The summed E-state index contributed by atoms with van der Waals surface area (Å²) in [6.07, 6.45) is 5.80. The molecule has 0 unspecified atom stereocenters. The predicted octanol–water partition coefficient (Wildman–Crippen LogP) is 2.13. The van der Waals surface area contributed by atoms with Crippen LogP contribution < -0.4 is 10.6 Å². The maximum absolute atomic E-state index is 13.7. The summed E-state index contributed by atoms with van der Waals surface area (Å²) in [7, 11) is 1.25. The Labute approximate surface area is 250 Å². The molecule has 1 aliphatic heterocycles. The Morgan fingerprint density at radius 1 is 0.860 bits per heavy atom. The van der Waals surface area contributed by atoms with E-state index in [4.69, 9.17) is 4.74 Å². The maximum atomic E-state index is 13.7. The van der Waals surface area contributed by atoms with Crippen molar-refractivity contribution in [1.29, 1.82) is 0 Å². The van der Waals surface area contributed by atoms with Crippen molar-refractivity contribution in [2.45, 2.75) is 50.2 Å². The van der Waals surface area contributed by atoms with Gasteiger partial charge in [-0.2, -0.15) is 0 Å². The Morgan fingerprint density at radius 3 is 2.02 bits per heavy atom. The molecule has 2 aromatic carbocycles. The number of hydrogen-bond donors (Lipinski definition) is 3. The second-order valence-electron chi connectivity index (χ2n) is 11.6. The van der Waals surface area contributed by atoms with Crippen molar-refractivity contribution >= 4 is 29.7 Å². The molecule has 10 nitrogen and oxygen atoms in total. The lowest BCUT2D eigenvalue weighted by Gasteiger charge is -2.32. The normalized spacial score (nSPS) is 25.1. The smallest absolute Gasteiger partial charge is 0.328 e. The molecule has 0 radical (unpaired) electrons. The minimum atomic E-state index is -1.03. The molecular weight excluding hydrogens is 550 g/mol. The highest BCUT2D eigenvalue weighted by Crippen LogP contribution is 2.49. The van der Waals surface area contributed by atoms with Crippen LogP contribution in [-0.2, 0) is 41.6 Å². The van der Waals surface area contributed by atoms with Crippen LogP contribution >= 0.6 is 0 Å². The molecule has 2 fully saturated rings. The molecule has 43 heavy (non-hydrogen) atoms. The van der Waals surface area contributed by atoms with Gasteiger partial charge in [0.25, 0.3) is 0 Å². The number of esters is 1. The van der Waals surface area contributed by atoms with Crippen LogP contribution in [0.25, 0.3) is 0 Å². The van der Waals surface area contributed by atoms with Crippen LogP contribution in [-0.4, -0.2) is 71.4 Å². The molecule has 7 atom stereocenters. The first-order valence-corrected chi connectivity index (χ1v) is 14.7. The Hall–Kier alpha value is -4.47. The van der Waals surface area contributed by atoms with Crippen LogP contribution in [0.15, 0.2) is 72.8 Å². The summed E-state index contributed by atoms with van der Waals surface area (Å²) in [6, 6.07) is 15.6. The third-order valence-corrected chi connectivity index (χ3v) is 8.87. The highest BCUT2D eigenvalue weighted by Gasteiger charge is 2.54. The van der Waals surface area contributed by atoms with Crippen molar-refractivity contribution in [2.75, 3.05) is 13.7 Å². The fraction of sp³-hybridized carbons (Fsp3) is 0.424. The van der Waals surface area contributed by atoms with Gasteiger partial charge >= 0.3 is 11.9 Å². The van der Waals surface area contributed by atoms with Gasteiger partial charge in [-0.3, -0.25) is 19.2 Å². The van der Waals surface area contributed by atoms with Gasteiger partial charge in [-0.25, -0.2) is 4.79 Å². The van der Waals surface area contributed by atoms with Crippen LogP contribution in [0.5, 0.6) is 0 Å². The molecule has 1 saturated heterocycles. The molecule has 5 rings (SSSR count). The number of amides is 3. The number of carboxylic acid groups (broad SMARTS) is 1. The van der Waals surface area contributed by atoms with E-state index < -0.39 is 53.7 Å². The van der Waals surface area contributed by atoms with Crippen molar-refractivity contribution in [1.82, 2.24) is 15.5 Å². The number of likely N-dealkylation sites (tertiary alicyclic amines) is 1. The van der Waals surface area contributed by atoms with Gasteiger partial charge in [-0.1, -0.05) is 72.8 Å². The minimum absolute atomic E-state index is 0.153. The average Bonchev–Trinajstić information content (AvgIpc) is 3.78. The number of benzene rings is 2. The molecule has 226 valence electrons. The monoisotopic (exact) mass is 587 g/mol. The number of rotatable bonds is 11. The SMILES string of the molecule is COC(=O)[C@H](Cc1ccccc1)NC(=O)[C@H](Cc1ccccc1)NC(=O)[C@@H]1CCCN1C(=O)[C@@H]1[C@H](C(=O)O)[C@@H]2C=C[C@H]1C2. The zero-order valence-corrected chi connectivity index (χ0v) is 24.1. The molecule has 2 aliphatic carbocycles. The molecule has 1 heterocycles. The fourth-order valence-electron chi connectivity index (χ4n) is 6.77. The summed E-state index contributed by atoms with van der Waals surface area (Å²) in [5.41, 5.74) is 1.63. The summed E-state index contributed by atoms with van der Waals surface area (Å²) in [5, 5.41) is 15.5. The van der Waals surface area contributed by atoms with Gasteiger partial charge in [0.2, 0.25) is 17.7 Å². The van der Waals surface area contributed by atoms with Crippen molar-refractivity contribution in [3.8, 4) is 0 Å². The van der Waals surface area contributed by atoms with E-state index in [1.807, 2.05) is 72.8 Å². The quantitative estimate of drug-likeness (QED) is 0.270. The van der Waals surface area contributed by atoms with Crippen LogP contribution in [0, 0.1) is 23.7 Å². The number of nitrogens with one attached hydrogen (secondary N) is 2. The molecule has 3 aliphatic rings. The lowest BCUT2D eigenvalue weighted by molar-refractivity contribution is -0.152. The number of carbonyl (C=O) groups is 5. The van der Waals surface area contributed by atoms with Crippen LogP contribution in [0.1, 0.15) is 30.4 Å². The molecule has 3 amide bonds. The van der Waals surface area contributed by atoms with E-state index in [1.54, 1.807) is 0 Å². The Morgan fingerprint density at radius 2 is 1.44 bits per heavy atom. The fourth-order valence-corrected chi connectivity index (χ4v) is 6.77. The summed E-state index contributed by atoms with van der Waals surface area (Å²) in [4.78, 5) is 67.3. The molecule has 0 aromatic heterocycles. The van der Waals surface area contributed by atoms with Crippen LogP contribution in [0.4, 0.5) is 0 Å². The van der Waals surface area contributed by atoms with Gasteiger partial charge in [0, 0.05) is 19.4 Å². The predicted molar refractivity (Wildman–Crippen MR) is 156 cm³/mol. The number of nitrogens with zero attached hydrogens (tertiary/aromatic N) is 1. The molecule has 3 N–H and O–H groups in total. The van der Waals surface area contributed by atoms with Crippen molar-refractivity contribution in [2.24, 2.45) is 23.7 Å². The molecule has 1 saturated carbocycles. The summed E-state index contributed by atoms with van der Waals surface area (Å²) < 4.78 is 4.95. The van der Waals surface area contributed by atoms with E-state index in [2.05, 4.69) is 10.6 Å². The maximum Gasteiger partial charge on any atom is 0.328 e. The standard InChI is InChI=1S/C33H37N3O7/c1-43-33(42)25(18-21-11-6-3-7-12-21)35-29(37)24(17-20-9-4-2-5-10-20)34-30(38)26-13-8-16-36(26)31(39)27-22-14-15-23(19-22)28(27)32(40)41/h2-7,9-12,14-15,22-28H,8,13,16-19H2,1H3,(H,34,38)(H,35,37)(H,40,41)/t22-,23+,24-,25-,26-,27-,28+/m0/s1. The van der Waals surface area contributed by atoms with Crippen molar-refractivity contribution < 1.29 is 33.8 Å². The van der Waals surface area contributed by atoms with Gasteiger partial charge in [-0.05, 0) is 42.2 Å². The zero-order valence-electron chi connectivity index (χ0n) is 24.1. The van der Waals surface area contributed by atoms with E-state index in [0.717, 1.165) is 11.1 Å². The van der Waals surface area contributed by atoms with E-state index in [1.165, 1.54) is 12.0 Å². The molecule has 10 heteroatoms. The van der Waals surface area contributed by atoms with Crippen LogP contribution in [0.3, 0.4) is 0 Å². The highest BCUT2D eigenvalue weighted by atomic mass is 16.5. The first-order valence-electron chi connectivity index (χ1n) is 14.7. The van der Waals surface area contributed by atoms with E-state index >= 15 is 0 Å². The zero-order chi connectivity index (χ0) is 30.5. The molecule has 2 aromatic rings. The summed E-state index contributed by atoms with van der Waals surface area (Å²) in [6.45, 7) is 0.345. The van der Waals surface area contributed by atoms with Crippen LogP contribution in [0.2, 0.25) is 0 Å². The number of aliphatic carboxylic acids is 1. The lowest BCUT2D eigenvalue weighted by atomic mass is 9.82. The molecular formula is C33H37N3O7. The first kappa shape index (κ1) is 30.0. The number of carbonyl (C=O) groups excluding carboxylic acids is 4. The van der Waals surface area contributed by atoms with Gasteiger partial charge in [0.15, 0.2) is 0 Å². The topological polar surface area (TPSA) is 142 Å². The molecule has 2 bridgehead atoms. The number of carboxylic acids is 1.